The van der Waals surface area contributed by atoms with Crippen molar-refractivity contribution in [1.29, 1.82) is 0 Å². The second kappa shape index (κ2) is 6.29. The summed E-state index contributed by atoms with van der Waals surface area (Å²) < 4.78 is 0. The molecule has 1 aromatic carbocycles. The molecule has 1 aliphatic heterocycles. The van der Waals surface area contributed by atoms with E-state index < -0.39 is 0 Å². The highest BCUT2D eigenvalue weighted by Crippen LogP contribution is 2.34. The Labute approximate surface area is 142 Å². The van der Waals surface area contributed by atoms with Crippen molar-refractivity contribution in [2.45, 2.75) is 38.8 Å². The molecule has 0 amide bonds. The van der Waals surface area contributed by atoms with Gasteiger partial charge in [0, 0.05) is 41.1 Å². The van der Waals surface area contributed by atoms with Gasteiger partial charge in [0.05, 0.1) is 0 Å². The van der Waals surface area contributed by atoms with Gasteiger partial charge >= 0.3 is 0 Å². The lowest BCUT2D eigenvalue weighted by atomic mass is 10.00. The van der Waals surface area contributed by atoms with Crippen molar-refractivity contribution in [3.05, 3.63) is 48.3 Å². The number of nitrogens with zero attached hydrogens (tertiary/aromatic N) is 2. The first kappa shape index (κ1) is 15.2. The summed E-state index contributed by atoms with van der Waals surface area (Å²) in [5.74, 6) is 0. The van der Waals surface area contributed by atoms with Gasteiger partial charge in [0.1, 0.15) is 5.65 Å². The first-order chi connectivity index (χ1) is 11.7. The van der Waals surface area contributed by atoms with Gasteiger partial charge in [-0.1, -0.05) is 18.6 Å². The Morgan fingerprint density at radius 2 is 2.17 bits per heavy atom. The van der Waals surface area contributed by atoms with Crippen molar-refractivity contribution < 1.29 is 0 Å². The molecule has 4 heteroatoms. The first-order valence-electron chi connectivity index (χ1n) is 8.78. The number of hydrogen-bond donors (Lipinski definition) is 2. The summed E-state index contributed by atoms with van der Waals surface area (Å²) in [6, 6.07) is 12.9. The maximum Gasteiger partial charge on any atom is 0.138 e. The molecule has 3 aromatic rings. The van der Waals surface area contributed by atoms with Crippen LogP contribution in [0.1, 0.15) is 31.9 Å². The van der Waals surface area contributed by atoms with E-state index in [9.17, 15) is 0 Å². The summed E-state index contributed by atoms with van der Waals surface area (Å²) in [4.78, 5) is 10.6. The molecular weight excluding hydrogens is 296 g/mol. The Morgan fingerprint density at radius 1 is 1.25 bits per heavy atom. The van der Waals surface area contributed by atoms with Crippen LogP contribution in [0.5, 0.6) is 0 Å². The third-order valence-corrected chi connectivity index (χ3v) is 5.13. The topological polar surface area (TPSA) is 57.9 Å². The van der Waals surface area contributed by atoms with E-state index in [0.717, 1.165) is 23.4 Å². The van der Waals surface area contributed by atoms with Crippen LogP contribution >= 0.6 is 0 Å². The molecular formula is C20H24N4. The van der Waals surface area contributed by atoms with E-state index in [1.165, 1.54) is 42.5 Å². The molecule has 0 radical (unpaired) electrons. The standard InChI is InChI=1S/C20H24N4/c1-14-6-2-3-11-24(14)13-18-19(15-7-4-8-16(21)12-15)17-9-5-10-22-20(17)23-18/h4-5,7-10,12,14H,2-3,6,11,13,21H2,1H3,(H,22,23). The van der Waals surface area contributed by atoms with Gasteiger partial charge in [0.25, 0.3) is 0 Å². The number of aromatic nitrogens is 2. The van der Waals surface area contributed by atoms with E-state index >= 15 is 0 Å². The second-order valence-corrected chi connectivity index (χ2v) is 6.82. The molecule has 0 spiro atoms. The monoisotopic (exact) mass is 320 g/mol. The van der Waals surface area contributed by atoms with Gasteiger partial charge in [-0.15, -0.1) is 0 Å². The normalized spacial score (nSPS) is 19.0. The maximum atomic E-state index is 6.03. The number of pyridine rings is 1. The molecule has 4 nitrogen and oxygen atoms in total. The molecule has 2 aromatic heterocycles. The van der Waals surface area contributed by atoms with E-state index in [0.29, 0.717) is 6.04 Å². The van der Waals surface area contributed by atoms with Gasteiger partial charge < -0.3 is 10.7 Å². The highest BCUT2D eigenvalue weighted by atomic mass is 15.2. The van der Waals surface area contributed by atoms with Crippen molar-refractivity contribution >= 4 is 16.7 Å². The van der Waals surface area contributed by atoms with Crippen molar-refractivity contribution in [1.82, 2.24) is 14.9 Å². The Morgan fingerprint density at radius 3 is 3.00 bits per heavy atom. The molecule has 4 rings (SSSR count). The fourth-order valence-corrected chi connectivity index (χ4v) is 3.81. The molecule has 24 heavy (non-hydrogen) atoms. The summed E-state index contributed by atoms with van der Waals surface area (Å²) in [6.45, 7) is 4.43. The summed E-state index contributed by atoms with van der Waals surface area (Å²) in [7, 11) is 0. The van der Waals surface area contributed by atoms with Gasteiger partial charge in [0.15, 0.2) is 0 Å². The Balaban J connectivity index is 1.81. The van der Waals surface area contributed by atoms with Crippen molar-refractivity contribution in [2.75, 3.05) is 12.3 Å². The van der Waals surface area contributed by atoms with Crippen molar-refractivity contribution in [3.8, 4) is 11.1 Å². The van der Waals surface area contributed by atoms with Gasteiger partial charge in [-0.25, -0.2) is 4.98 Å². The molecule has 3 N–H and O–H groups in total. The predicted molar refractivity (Wildman–Crippen MR) is 99.7 cm³/mol. The second-order valence-electron chi connectivity index (χ2n) is 6.82. The molecule has 1 saturated heterocycles. The first-order valence-corrected chi connectivity index (χ1v) is 8.78. The molecule has 1 aliphatic rings. The summed E-state index contributed by atoms with van der Waals surface area (Å²) in [5.41, 5.74) is 11.4. The van der Waals surface area contributed by atoms with Gasteiger partial charge in [0.2, 0.25) is 0 Å². The average molecular weight is 320 g/mol. The highest BCUT2D eigenvalue weighted by molar-refractivity contribution is 5.96. The number of anilines is 1. The van der Waals surface area contributed by atoms with Gasteiger partial charge in [-0.05, 0) is 56.1 Å². The highest BCUT2D eigenvalue weighted by Gasteiger charge is 2.22. The third-order valence-electron chi connectivity index (χ3n) is 5.13. The number of H-pyrrole nitrogens is 1. The lowest BCUT2D eigenvalue weighted by Gasteiger charge is -2.33. The molecule has 124 valence electrons. The van der Waals surface area contributed by atoms with E-state index in [-0.39, 0.29) is 0 Å². The molecule has 0 aliphatic carbocycles. The zero-order valence-corrected chi connectivity index (χ0v) is 14.1. The molecule has 1 atom stereocenters. The zero-order chi connectivity index (χ0) is 16.5. The molecule has 3 heterocycles. The number of hydrogen-bond acceptors (Lipinski definition) is 3. The number of benzene rings is 1. The third kappa shape index (κ3) is 2.78. The number of nitrogen functional groups attached to an aromatic ring is 1. The number of aromatic amines is 1. The largest absolute Gasteiger partial charge is 0.399 e. The SMILES string of the molecule is CC1CCCCN1Cc1[nH]c2ncccc2c1-c1cccc(N)c1. The molecule has 0 saturated carbocycles. The molecule has 1 fully saturated rings. The molecule has 0 bridgehead atoms. The van der Waals surface area contributed by atoms with E-state index in [1.54, 1.807) is 0 Å². The summed E-state index contributed by atoms with van der Waals surface area (Å²) in [6.07, 6.45) is 5.76. The van der Waals surface area contributed by atoms with E-state index in [2.05, 4.69) is 40.0 Å². The lowest BCUT2D eigenvalue weighted by Crippen LogP contribution is -2.36. The number of nitrogens with two attached hydrogens (primary N) is 1. The minimum atomic E-state index is 0.631. The molecule has 1 unspecified atom stereocenters. The number of likely N-dealkylation sites (tertiary alicyclic amines) is 1. The minimum absolute atomic E-state index is 0.631. The van der Waals surface area contributed by atoms with Crippen molar-refractivity contribution in [3.63, 3.8) is 0 Å². The quantitative estimate of drug-likeness (QED) is 0.712. The average Bonchev–Trinajstić information content (AvgIpc) is 2.95. The Hall–Kier alpha value is -2.33. The van der Waals surface area contributed by atoms with E-state index in [4.69, 9.17) is 5.73 Å². The van der Waals surface area contributed by atoms with Crippen LogP contribution in [-0.4, -0.2) is 27.5 Å². The Kier molecular flexibility index (Phi) is 3.98. The van der Waals surface area contributed by atoms with Crippen molar-refractivity contribution in [2.24, 2.45) is 0 Å². The number of fused-ring (bicyclic) bond motifs is 1. The van der Waals surface area contributed by atoms with Crippen LogP contribution in [0.3, 0.4) is 0 Å². The minimum Gasteiger partial charge on any atom is -0.399 e. The van der Waals surface area contributed by atoms with Crippen LogP contribution < -0.4 is 5.73 Å². The smallest absolute Gasteiger partial charge is 0.138 e. The van der Waals surface area contributed by atoms with Crippen LogP contribution in [0.2, 0.25) is 0 Å². The van der Waals surface area contributed by atoms with E-state index in [1.807, 2.05) is 24.4 Å². The Bertz CT molecular complexity index is 852. The van der Waals surface area contributed by atoms with Crippen LogP contribution in [-0.2, 0) is 6.54 Å². The lowest BCUT2D eigenvalue weighted by molar-refractivity contribution is 0.151. The van der Waals surface area contributed by atoms with Gasteiger partial charge in [-0.3, -0.25) is 4.90 Å². The number of nitrogens with one attached hydrogen (secondary N) is 1. The van der Waals surface area contributed by atoms with Crippen LogP contribution in [0.15, 0.2) is 42.6 Å². The van der Waals surface area contributed by atoms with Crippen LogP contribution in [0.25, 0.3) is 22.2 Å². The number of piperidine rings is 1. The fraction of sp³-hybridized carbons (Fsp3) is 0.350. The maximum absolute atomic E-state index is 6.03. The number of rotatable bonds is 3. The summed E-state index contributed by atoms with van der Waals surface area (Å²) >= 11 is 0. The van der Waals surface area contributed by atoms with Crippen LogP contribution in [0.4, 0.5) is 5.69 Å². The van der Waals surface area contributed by atoms with Gasteiger partial charge in [-0.2, -0.15) is 0 Å². The fourth-order valence-electron chi connectivity index (χ4n) is 3.81. The zero-order valence-electron chi connectivity index (χ0n) is 14.1. The predicted octanol–water partition coefficient (Wildman–Crippen LogP) is 4.19. The summed E-state index contributed by atoms with van der Waals surface area (Å²) in [5, 5.41) is 1.17. The van der Waals surface area contributed by atoms with Crippen LogP contribution in [0, 0.1) is 0 Å².